The molecule has 2 aromatic rings. The van der Waals surface area contributed by atoms with Crippen LogP contribution >= 0.6 is 11.3 Å². The number of hydrogen-bond donors (Lipinski definition) is 1. The predicted octanol–water partition coefficient (Wildman–Crippen LogP) is 3.00. The van der Waals surface area contributed by atoms with E-state index in [2.05, 4.69) is 46.9 Å². The van der Waals surface area contributed by atoms with Crippen LogP contribution in [0.2, 0.25) is 0 Å². The number of aromatic nitrogens is 1. The van der Waals surface area contributed by atoms with E-state index in [1.165, 1.54) is 10.6 Å². The summed E-state index contributed by atoms with van der Waals surface area (Å²) in [6.45, 7) is 3.89. The molecule has 0 aliphatic heterocycles. The van der Waals surface area contributed by atoms with Crippen molar-refractivity contribution < 1.29 is 0 Å². The lowest BCUT2D eigenvalue weighted by molar-refractivity contribution is 0.681. The van der Waals surface area contributed by atoms with Crippen LogP contribution in [0.5, 0.6) is 0 Å². The number of nitrogens with zero attached hydrogens (tertiary/aromatic N) is 1. The number of benzene rings is 1. The largest absolute Gasteiger partial charge is 0.307 e. The fourth-order valence-corrected chi connectivity index (χ4v) is 2.27. The van der Waals surface area contributed by atoms with Gasteiger partial charge in [0.05, 0.1) is 10.7 Å². The van der Waals surface area contributed by atoms with Crippen LogP contribution in [0.25, 0.3) is 0 Å². The quantitative estimate of drug-likeness (QED) is 0.857. The lowest BCUT2D eigenvalue weighted by Crippen LogP contribution is -2.12. The number of nitrogens with one attached hydrogen (secondary N) is 1. The van der Waals surface area contributed by atoms with Crippen molar-refractivity contribution in [2.75, 3.05) is 0 Å². The van der Waals surface area contributed by atoms with E-state index in [-0.39, 0.29) is 0 Å². The molecule has 3 heteroatoms. The molecule has 0 fully saturated rings. The van der Waals surface area contributed by atoms with Crippen LogP contribution in [-0.4, -0.2) is 4.98 Å². The van der Waals surface area contributed by atoms with Gasteiger partial charge in [-0.15, -0.1) is 11.3 Å². The summed E-state index contributed by atoms with van der Waals surface area (Å²) in [7, 11) is 0. The highest BCUT2D eigenvalue weighted by Gasteiger charge is 1.99. The Morgan fingerprint density at radius 1 is 1.19 bits per heavy atom. The van der Waals surface area contributed by atoms with Crippen molar-refractivity contribution in [1.29, 1.82) is 0 Å². The zero-order valence-corrected chi connectivity index (χ0v) is 10.3. The number of rotatable bonds is 5. The fourth-order valence-electron chi connectivity index (χ4n) is 1.52. The first-order valence-corrected chi connectivity index (χ1v) is 6.44. The molecule has 0 saturated heterocycles. The van der Waals surface area contributed by atoms with E-state index in [9.17, 15) is 0 Å². The third kappa shape index (κ3) is 3.15. The minimum absolute atomic E-state index is 0.853. The van der Waals surface area contributed by atoms with Gasteiger partial charge in [-0.1, -0.05) is 37.3 Å². The van der Waals surface area contributed by atoms with Gasteiger partial charge in [-0.2, -0.15) is 0 Å². The first kappa shape index (κ1) is 11.3. The predicted molar refractivity (Wildman–Crippen MR) is 68.5 cm³/mol. The second-order valence-electron chi connectivity index (χ2n) is 3.68. The molecule has 84 valence electrons. The molecule has 1 aromatic carbocycles. The molecule has 0 aliphatic rings. The number of aryl methyl sites for hydroxylation is 1. The van der Waals surface area contributed by atoms with E-state index in [0.717, 1.165) is 25.2 Å². The SMILES string of the molecule is CCc1nc(CNCc2ccccc2)cs1. The molecular weight excluding hydrogens is 216 g/mol. The standard InChI is InChI=1S/C13H16N2S/c1-2-13-15-12(10-16-13)9-14-8-11-6-4-3-5-7-11/h3-7,10,14H,2,8-9H2,1H3. The normalized spacial score (nSPS) is 10.6. The summed E-state index contributed by atoms with van der Waals surface area (Å²) in [6, 6.07) is 10.4. The van der Waals surface area contributed by atoms with Gasteiger partial charge in [0.1, 0.15) is 0 Å². The Morgan fingerprint density at radius 3 is 2.69 bits per heavy atom. The van der Waals surface area contributed by atoms with Crippen molar-refractivity contribution >= 4 is 11.3 Å². The molecule has 2 nitrogen and oxygen atoms in total. The van der Waals surface area contributed by atoms with Gasteiger partial charge in [-0.3, -0.25) is 0 Å². The molecule has 0 unspecified atom stereocenters. The topological polar surface area (TPSA) is 24.9 Å². The first-order chi connectivity index (χ1) is 7.88. The Labute approximate surface area is 100 Å². The summed E-state index contributed by atoms with van der Waals surface area (Å²) in [5.74, 6) is 0. The maximum absolute atomic E-state index is 4.52. The Kier molecular flexibility index (Phi) is 4.08. The van der Waals surface area contributed by atoms with Gasteiger partial charge in [0, 0.05) is 18.5 Å². The molecule has 0 atom stereocenters. The smallest absolute Gasteiger partial charge is 0.0926 e. The molecule has 1 aromatic heterocycles. The maximum Gasteiger partial charge on any atom is 0.0926 e. The van der Waals surface area contributed by atoms with Crippen molar-refractivity contribution in [3.05, 3.63) is 52.0 Å². The third-order valence-corrected chi connectivity index (χ3v) is 3.42. The Hall–Kier alpha value is -1.19. The van der Waals surface area contributed by atoms with Gasteiger partial charge in [-0.25, -0.2) is 4.98 Å². The Morgan fingerprint density at radius 2 is 2.00 bits per heavy atom. The first-order valence-electron chi connectivity index (χ1n) is 5.56. The highest BCUT2D eigenvalue weighted by atomic mass is 32.1. The second kappa shape index (κ2) is 5.77. The average molecular weight is 232 g/mol. The zero-order valence-electron chi connectivity index (χ0n) is 9.44. The lowest BCUT2D eigenvalue weighted by Gasteiger charge is -2.02. The van der Waals surface area contributed by atoms with E-state index in [1.807, 2.05) is 6.07 Å². The molecular formula is C13H16N2S. The van der Waals surface area contributed by atoms with Gasteiger partial charge >= 0.3 is 0 Å². The van der Waals surface area contributed by atoms with Crippen LogP contribution < -0.4 is 5.32 Å². The molecule has 0 spiro atoms. The summed E-state index contributed by atoms with van der Waals surface area (Å²) in [6.07, 6.45) is 1.03. The zero-order chi connectivity index (χ0) is 11.2. The highest BCUT2D eigenvalue weighted by molar-refractivity contribution is 7.09. The van der Waals surface area contributed by atoms with E-state index in [4.69, 9.17) is 0 Å². The lowest BCUT2D eigenvalue weighted by atomic mass is 10.2. The molecule has 0 aliphatic carbocycles. The molecule has 0 amide bonds. The molecule has 1 heterocycles. The summed E-state index contributed by atoms with van der Waals surface area (Å²) in [4.78, 5) is 4.52. The minimum atomic E-state index is 0.853. The number of thiazole rings is 1. The van der Waals surface area contributed by atoms with Crippen LogP contribution in [0.4, 0.5) is 0 Å². The third-order valence-electron chi connectivity index (χ3n) is 2.38. The second-order valence-corrected chi connectivity index (χ2v) is 4.62. The fraction of sp³-hybridized carbons (Fsp3) is 0.308. The molecule has 2 rings (SSSR count). The van der Waals surface area contributed by atoms with Crippen molar-refractivity contribution in [3.8, 4) is 0 Å². The van der Waals surface area contributed by atoms with E-state index in [0.29, 0.717) is 0 Å². The van der Waals surface area contributed by atoms with E-state index >= 15 is 0 Å². The van der Waals surface area contributed by atoms with E-state index in [1.54, 1.807) is 11.3 Å². The average Bonchev–Trinajstić information content (AvgIpc) is 2.78. The summed E-state index contributed by atoms with van der Waals surface area (Å²) in [5.41, 5.74) is 2.46. The van der Waals surface area contributed by atoms with Crippen molar-refractivity contribution in [2.45, 2.75) is 26.4 Å². The van der Waals surface area contributed by atoms with Crippen molar-refractivity contribution in [3.63, 3.8) is 0 Å². The molecule has 16 heavy (non-hydrogen) atoms. The monoisotopic (exact) mass is 232 g/mol. The molecule has 0 bridgehead atoms. The van der Waals surface area contributed by atoms with Crippen molar-refractivity contribution in [1.82, 2.24) is 10.3 Å². The summed E-state index contributed by atoms with van der Waals surface area (Å²) >= 11 is 1.74. The minimum Gasteiger partial charge on any atom is -0.307 e. The van der Waals surface area contributed by atoms with Crippen molar-refractivity contribution in [2.24, 2.45) is 0 Å². The van der Waals surface area contributed by atoms with Gasteiger partial charge in [0.2, 0.25) is 0 Å². The van der Waals surface area contributed by atoms with Crippen LogP contribution in [-0.2, 0) is 19.5 Å². The van der Waals surface area contributed by atoms with E-state index < -0.39 is 0 Å². The molecule has 0 saturated carbocycles. The highest BCUT2D eigenvalue weighted by Crippen LogP contribution is 2.09. The van der Waals surface area contributed by atoms with Gasteiger partial charge in [0.15, 0.2) is 0 Å². The van der Waals surface area contributed by atoms with Gasteiger partial charge in [0.25, 0.3) is 0 Å². The Bertz CT molecular complexity index is 423. The number of hydrogen-bond acceptors (Lipinski definition) is 3. The van der Waals surface area contributed by atoms with Crippen LogP contribution in [0.15, 0.2) is 35.7 Å². The van der Waals surface area contributed by atoms with Crippen LogP contribution in [0, 0.1) is 0 Å². The van der Waals surface area contributed by atoms with Crippen LogP contribution in [0.1, 0.15) is 23.2 Å². The van der Waals surface area contributed by atoms with Gasteiger partial charge in [-0.05, 0) is 12.0 Å². The maximum atomic E-state index is 4.52. The molecule has 1 N–H and O–H groups in total. The molecule has 0 radical (unpaired) electrons. The van der Waals surface area contributed by atoms with Gasteiger partial charge < -0.3 is 5.32 Å². The Balaban J connectivity index is 1.80. The van der Waals surface area contributed by atoms with Crippen LogP contribution in [0.3, 0.4) is 0 Å². The summed E-state index contributed by atoms with van der Waals surface area (Å²) < 4.78 is 0. The summed E-state index contributed by atoms with van der Waals surface area (Å²) in [5, 5.41) is 6.75.